The lowest BCUT2D eigenvalue weighted by atomic mass is 10.1. The molecular formula is C20H14ClFN4O. The molecule has 0 aliphatic carbocycles. The number of anilines is 2. The van der Waals surface area contributed by atoms with Crippen LogP contribution in [0.4, 0.5) is 20.6 Å². The highest BCUT2D eigenvalue weighted by atomic mass is 35.5. The molecule has 2 aromatic heterocycles. The summed E-state index contributed by atoms with van der Waals surface area (Å²) in [5.74, 6) is -0.385. The van der Waals surface area contributed by atoms with Crippen LogP contribution < -0.4 is 10.6 Å². The first-order chi connectivity index (χ1) is 13.1. The Bertz CT molecular complexity index is 1110. The number of hydrogen-bond acceptors (Lipinski definition) is 2. The molecule has 4 aromatic rings. The topological polar surface area (TPSA) is 69.8 Å². The number of hydrogen-bond donors (Lipinski definition) is 3. The fraction of sp³-hybridized carbons (Fsp3) is 0. The smallest absolute Gasteiger partial charge is 0.323 e. The van der Waals surface area contributed by atoms with E-state index in [9.17, 15) is 9.18 Å². The van der Waals surface area contributed by atoms with E-state index in [2.05, 4.69) is 20.6 Å². The zero-order valence-corrected chi connectivity index (χ0v) is 14.7. The van der Waals surface area contributed by atoms with Crippen LogP contribution in [0.2, 0.25) is 5.02 Å². The first-order valence-electron chi connectivity index (χ1n) is 8.15. The average molecular weight is 381 g/mol. The maximum absolute atomic E-state index is 13.8. The molecule has 0 atom stereocenters. The number of amides is 2. The van der Waals surface area contributed by atoms with Gasteiger partial charge in [-0.05, 0) is 54.6 Å². The van der Waals surface area contributed by atoms with Crippen LogP contribution in [0, 0.1) is 5.82 Å². The number of benzene rings is 2. The van der Waals surface area contributed by atoms with Gasteiger partial charge in [-0.15, -0.1) is 0 Å². The number of carbonyl (C=O) groups excluding carboxylic acids is 1. The first-order valence-corrected chi connectivity index (χ1v) is 8.53. The van der Waals surface area contributed by atoms with Crippen LogP contribution in [0.25, 0.3) is 22.2 Å². The molecule has 0 saturated carbocycles. The third kappa shape index (κ3) is 3.61. The highest BCUT2D eigenvalue weighted by molar-refractivity contribution is 6.30. The zero-order chi connectivity index (χ0) is 18.8. The van der Waals surface area contributed by atoms with Crippen molar-refractivity contribution in [3.05, 3.63) is 77.8 Å². The SMILES string of the molecule is O=C(Nc1ccc(Cl)cc1)Nc1c(-c2ccncc2)[nH]c2ccc(F)cc12. The number of H-pyrrole nitrogens is 1. The number of aromatic amines is 1. The molecule has 0 saturated heterocycles. The van der Waals surface area contributed by atoms with E-state index in [1.807, 2.05) is 12.1 Å². The van der Waals surface area contributed by atoms with Gasteiger partial charge in [0.1, 0.15) is 5.82 Å². The second-order valence-electron chi connectivity index (χ2n) is 5.89. The molecule has 5 nitrogen and oxygen atoms in total. The molecule has 4 rings (SSSR count). The van der Waals surface area contributed by atoms with Crippen LogP contribution in [0.15, 0.2) is 67.0 Å². The molecule has 0 fully saturated rings. The van der Waals surface area contributed by atoms with Gasteiger partial charge in [0.2, 0.25) is 0 Å². The van der Waals surface area contributed by atoms with E-state index < -0.39 is 6.03 Å². The zero-order valence-electron chi connectivity index (χ0n) is 14.0. The van der Waals surface area contributed by atoms with Gasteiger partial charge < -0.3 is 15.6 Å². The summed E-state index contributed by atoms with van der Waals surface area (Å²) in [7, 11) is 0. The minimum absolute atomic E-state index is 0.385. The van der Waals surface area contributed by atoms with Gasteiger partial charge in [0, 0.05) is 39.6 Å². The van der Waals surface area contributed by atoms with Crippen LogP contribution in [-0.4, -0.2) is 16.0 Å². The molecule has 2 heterocycles. The van der Waals surface area contributed by atoms with Gasteiger partial charge in [0.15, 0.2) is 0 Å². The lowest BCUT2D eigenvalue weighted by molar-refractivity contribution is 0.262. The predicted molar refractivity (Wildman–Crippen MR) is 106 cm³/mol. The number of aromatic nitrogens is 2. The summed E-state index contributed by atoms with van der Waals surface area (Å²) in [5, 5.41) is 6.71. The number of fused-ring (bicyclic) bond motifs is 1. The van der Waals surface area contributed by atoms with Crippen molar-refractivity contribution >= 4 is 39.9 Å². The number of urea groups is 1. The Kier molecular flexibility index (Phi) is 4.48. The Morgan fingerprint density at radius 2 is 1.74 bits per heavy atom. The monoisotopic (exact) mass is 380 g/mol. The number of nitrogens with zero attached hydrogens (tertiary/aromatic N) is 1. The number of pyridine rings is 1. The van der Waals surface area contributed by atoms with Crippen LogP contribution in [-0.2, 0) is 0 Å². The molecule has 0 radical (unpaired) electrons. The largest absolute Gasteiger partial charge is 0.353 e. The van der Waals surface area contributed by atoms with E-state index in [1.165, 1.54) is 12.1 Å². The van der Waals surface area contributed by atoms with Crippen molar-refractivity contribution < 1.29 is 9.18 Å². The maximum atomic E-state index is 13.8. The fourth-order valence-electron chi connectivity index (χ4n) is 2.84. The normalized spacial score (nSPS) is 10.7. The van der Waals surface area contributed by atoms with E-state index in [4.69, 9.17) is 11.6 Å². The summed E-state index contributed by atoms with van der Waals surface area (Å²) in [6, 6.07) is 14.3. The molecule has 0 bridgehead atoms. The van der Waals surface area contributed by atoms with Gasteiger partial charge >= 0.3 is 6.03 Å². The third-order valence-electron chi connectivity index (χ3n) is 4.07. The van der Waals surface area contributed by atoms with Crippen molar-refractivity contribution in [3.63, 3.8) is 0 Å². The molecule has 0 unspecified atom stereocenters. The summed E-state index contributed by atoms with van der Waals surface area (Å²) in [5.41, 5.74) is 3.29. The van der Waals surface area contributed by atoms with Crippen molar-refractivity contribution in [1.29, 1.82) is 0 Å². The number of rotatable bonds is 3. The number of carbonyl (C=O) groups is 1. The molecule has 0 aliphatic heterocycles. The van der Waals surface area contributed by atoms with E-state index in [-0.39, 0.29) is 5.82 Å². The third-order valence-corrected chi connectivity index (χ3v) is 4.32. The van der Waals surface area contributed by atoms with Gasteiger partial charge in [0.25, 0.3) is 0 Å². The van der Waals surface area contributed by atoms with Gasteiger partial charge in [-0.2, -0.15) is 0 Å². The van der Waals surface area contributed by atoms with Crippen LogP contribution in [0.1, 0.15) is 0 Å². The summed E-state index contributed by atoms with van der Waals surface area (Å²) >= 11 is 5.86. The second kappa shape index (κ2) is 7.09. The van der Waals surface area contributed by atoms with Gasteiger partial charge in [0.05, 0.1) is 11.4 Å². The summed E-state index contributed by atoms with van der Waals surface area (Å²) in [6.07, 6.45) is 3.30. The van der Waals surface area contributed by atoms with E-state index >= 15 is 0 Å². The first kappa shape index (κ1) is 17.1. The molecule has 2 aromatic carbocycles. The molecular weight excluding hydrogens is 367 g/mol. The molecule has 134 valence electrons. The molecule has 3 N–H and O–H groups in total. The average Bonchev–Trinajstić information content (AvgIpc) is 3.02. The quantitative estimate of drug-likeness (QED) is 0.428. The minimum Gasteiger partial charge on any atom is -0.353 e. The van der Waals surface area contributed by atoms with Gasteiger partial charge in [-0.25, -0.2) is 9.18 Å². The van der Waals surface area contributed by atoms with Crippen molar-refractivity contribution in [2.24, 2.45) is 0 Å². The Labute approximate surface area is 159 Å². The second-order valence-corrected chi connectivity index (χ2v) is 6.32. The minimum atomic E-state index is -0.446. The molecule has 0 aliphatic rings. The Hall–Kier alpha value is -3.38. The predicted octanol–water partition coefficient (Wildman–Crippen LogP) is 5.67. The highest BCUT2D eigenvalue weighted by Crippen LogP contribution is 2.35. The van der Waals surface area contributed by atoms with E-state index in [1.54, 1.807) is 42.7 Å². The summed E-state index contributed by atoms with van der Waals surface area (Å²) in [6.45, 7) is 0. The summed E-state index contributed by atoms with van der Waals surface area (Å²) < 4.78 is 13.8. The standard InChI is InChI=1S/C20H14ClFN4O/c21-13-1-4-15(5-2-13)24-20(27)26-19-16-11-14(22)3-6-17(16)25-18(19)12-7-9-23-10-8-12/h1-11,25H,(H2,24,26,27). The van der Waals surface area contributed by atoms with E-state index in [0.29, 0.717) is 33.0 Å². The molecule has 27 heavy (non-hydrogen) atoms. The van der Waals surface area contributed by atoms with Crippen LogP contribution >= 0.6 is 11.6 Å². The van der Waals surface area contributed by atoms with Crippen LogP contribution in [0.3, 0.4) is 0 Å². The van der Waals surface area contributed by atoms with Gasteiger partial charge in [-0.3, -0.25) is 4.98 Å². The van der Waals surface area contributed by atoms with Crippen molar-refractivity contribution in [1.82, 2.24) is 9.97 Å². The highest BCUT2D eigenvalue weighted by Gasteiger charge is 2.16. The Morgan fingerprint density at radius 1 is 1.00 bits per heavy atom. The maximum Gasteiger partial charge on any atom is 0.323 e. The van der Waals surface area contributed by atoms with Crippen molar-refractivity contribution in [3.8, 4) is 11.3 Å². The lowest BCUT2D eigenvalue weighted by Gasteiger charge is -2.09. The molecule has 0 spiro atoms. The van der Waals surface area contributed by atoms with Crippen molar-refractivity contribution in [2.45, 2.75) is 0 Å². The van der Waals surface area contributed by atoms with E-state index in [0.717, 1.165) is 5.56 Å². The lowest BCUT2D eigenvalue weighted by Crippen LogP contribution is -2.19. The molecule has 2 amide bonds. The van der Waals surface area contributed by atoms with Gasteiger partial charge in [-0.1, -0.05) is 11.6 Å². The molecule has 7 heteroatoms. The fourth-order valence-corrected chi connectivity index (χ4v) is 2.96. The summed E-state index contributed by atoms with van der Waals surface area (Å²) in [4.78, 5) is 19.7. The van der Waals surface area contributed by atoms with Crippen molar-refractivity contribution in [2.75, 3.05) is 10.6 Å². The number of nitrogens with one attached hydrogen (secondary N) is 3. The number of halogens is 2. The van der Waals surface area contributed by atoms with Crippen LogP contribution in [0.5, 0.6) is 0 Å². The Morgan fingerprint density at radius 3 is 2.48 bits per heavy atom. The Balaban J connectivity index is 1.71.